The molecule has 2 unspecified atom stereocenters. The molecule has 2 aromatic carbocycles. The van der Waals surface area contributed by atoms with Crippen molar-refractivity contribution in [2.75, 3.05) is 33.1 Å². The number of halogens is 1. The van der Waals surface area contributed by atoms with E-state index in [4.69, 9.17) is 10.5 Å². The lowest BCUT2D eigenvalue weighted by molar-refractivity contribution is -0.203. The lowest BCUT2D eigenvalue weighted by Crippen LogP contribution is -2.79. The van der Waals surface area contributed by atoms with E-state index in [-0.39, 0.29) is 36.3 Å². The first-order chi connectivity index (χ1) is 21.8. The number of phenols is 1. The second kappa shape index (κ2) is 11.2. The number of fused-ring (bicyclic) bond motifs is 3. The van der Waals surface area contributed by atoms with Gasteiger partial charge in [0.1, 0.15) is 17.3 Å². The first-order valence-corrected chi connectivity index (χ1v) is 14.9. The number of anilines is 1. The van der Waals surface area contributed by atoms with Crippen LogP contribution in [-0.2, 0) is 32.1 Å². The van der Waals surface area contributed by atoms with E-state index in [1.807, 2.05) is 0 Å². The zero-order chi connectivity index (χ0) is 35.0. The number of benzene rings is 2. The molecule has 0 saturated heterocycles. The van der Waals surface area contributed by atoms with Gasteiger partial charge in [0.05, 0.1) is 17.5 Å². The lowest BCUT2D eigenvalue weighted by atomic mass is 9.42. The number of ketones is 4. The van der Waals surface area contributed by atoms with Crippen LogP contribution in [0.15, 0.2) is 30.3 Å². The number of amides is 2. The standard InChI is InChI=1S/C33H37FN4O9/c1-31-12-18-19(37(3)4)11-15(13-36-30(45)47-17-9-7-16(34)8-10-17)23(39)20(18)24(40)22(31)28(43)33(46)27(42)21(29(35)44)25(41)26(38(5)6)32(33,2)14-31/h7-11,21-22,26,39,46H,12-14H2,1-6H3,(H2,35,44)(H,36,45)/t21?,22?,26-,31+,32+,33-/m1/s1. The van der Waals surface area contributed by atoms with Crippen LogP contribution in [0.4, 0.5) is 14.9 Å². The highest BCUT2D eigenvalue weighted by Gasteiger charge is 2.76. The summed E-state index contributed by atoms with van der Waals surface area (Å²) in [7, 11) is 6.47. The number of likely N-dealkylation sites (N-methyl/N-ethyl adjacent to an activating group) is 1. The highest BCUT2D eigenvalue weighted by atomic mass is 19.1. The second-order valence-corrected chi connectivity index (χ2v) is 13.6. The maximum Gasteiger partial charge on any atom is 0.412 e. The Bertz CT molecular complexity index is 1740. The van der Waals surface area contributed by atoms with Gasteiger partial charge >= 0.3 is 6.09 Å². The van der Waals surface area contributed by atoms with Gasteiger partial charge in [-0.3, -0.25) is 28.9 Å². The van der Waals surface area contributed by atoms with Gasteiger partial charge in [-0.15, -0.1) is 0 Å². The summed E-state index contributed by atoms with van der Waals surface area (Å²) < 4.78 is 18.4. The van der Waals surface area contributed by atoms with Crippen molar-refractivity contribution in [3.63, 3.8) is 0 Å². The third kappa shape index (κ3) is 4.89. The molecule has 2 aromatic rings. The Morgan fingerprint density at radius 1 is 1.06 bits per heavy atom. The van der Waals surface area contributed by atoms with Crippen LogP contribution in [0.2, 0.25) is 0 Å². The van der Waals surface area contributed by atoms with Crippen LogP contribution in [0.1, 0.15) is 41.8 Å². The van der Waals surface area contributed by atoms with Crippen molar-refractivity contribution in [3.05, 3.63) is 52.8 Å². The van der Waals surface area contributed by atoms with Crippen molar-refractivity contribution < 1.29 is 48.1 Å². The zero-order valence-electron chi connectivity index (χ0n) is 26.8. The number of aromatic hydroxyl groups is 1. The van der Waals surface area contributed by atoms with E-state index in [1.165, 1.54) is 38.1 Å². The molecule has 2 amide bonds. The number of nitrogens with one attached hydrogen (secondary N) is 1. The second-order valence-electron chi connectivity index (χ2n) is 13.6. The van der Waals surface area contributed by atoms with Gasteiger partial charge in [-0.2, -0.15) is 0 Å². The summed E-state index contributed by atoms with van der Waals surface area (Å²) in [5.41, 5.74) is 0.333. The van der Waals surface area contributed by atoms with E-state index < -0.39 is 81.0 Å². The minimum absolute atomic E-state index is 0.0410. The van der Waals surface area contributed by atoms with Crippen LogP contribution in [-0.4, -0.2) is 90.1 Å². The SMILES string of the molecule is CN(C)c1cc(CNC(=O)Oc2ccc(F)cc2)c(O)c2c1C[C@@]1(C)C[C@@]3(C)[C@H](N(C)C)C(=O)C(C(N)=O)C(=O)[C@@]3(O)C(=O)C1C2=O. The molecule has 3 aliphatic rings. The number of nitrogens with two attached hydrogens (primary N) is 1. The van der Waals surface area contributed by atoms with Crippen molar-refractivity contribution in [3.8, 4) is 11.5 Å². The Kier molecular flexibility index (Phi) is 8.04. The first kappa shape index (κ1) is 33.7. The normalized spacial score (nSPS) is 29.9. The fourth-order valence-electron chi connectivity index (χ4n) is 8.17. The smallest absolute Gasteiger partial charge is 0.412 e. The molecule has 47 heavy (non-hydrogen) atoms. The maximum absolute atomic E-state index is 14.5. The number of aliphatic hydroxyl groups is 1. The molecule has 250 valence electrons. The molecule has 3 aliphatic carbocycles. The largest absolute Gasteiger partial charge is 0.507 e. The summed E-state index contributed by atoms with van der Waals surface area (Å²) in [6, 6.07) is 5.04. The number of hydrogen-bond acceptors (Lipinski definition) is 11. The van der Waals surface area contributed by atoms with E-state index >= 15 is 0 Å². The zero-order valence-corrected chi connectivity index (χ0v) is 26.8. The van der Waals surface area contributed by atoms with Crippen LogP contribution in [0, 0.1) is 28.5 Å². The van der Waals surface area contributed by atoms with Gasteiger partial charge in [0, 0.05) is 37.3 Å². The lowest BCUT2D eigenvalue weighted by Gasteiger charge is -2.61. The van der Waals surface area contributed by atoms with Crippen LogP contribution in [0.5, 0.6) is 11.5 Å². The Morgan fingerprint density at radius 3 is 2.23 bits per heavy atom. The average Bonchev–Trinajstić information content (AvgIpc) is 2.95. The van der Waals surface area contributed by atoms with Crippen molar-refractivity contribution in [1.29, 1.82) is 0 Å². The maximum atomic E-state index is 14.5. The molecule has 0 spiro atoms. The topological polar surface area (TPSA) is 197 Å². The van der Waals surface area contributed by atoms with Gasteiger partial charge in [0.2, 0.25) is 5.91 Å². The number of carbonyl (C=O) groups excluding carboxylic acids is 6. The van der Waals surface area contributed by atoms with E-state index in [0.717, 1.165) is 12.1 Å². The predicted octanol–water partition coefficient (Wildman–Crippen LogP) is 1.14. The van der Waals surface area contributed by atoms with Crippen LogP contribution in [0.3, 0.4) is 0 Å². The number of Topliss-reactive ketones (excluding diaryl/α,β-unsaturated/α-hetero) is 4. The van der Waals surface area contributed by atoms with E-state index in [2.05, 4.69) is 5.32 Å². The minimum atomic E-state index is -2.92. The molecule has 0 radical (unpaired) electrons. The fourth-order valence-corrected chi connectivity index (χ4v) is 8.17. The molecule has 2 fully saturated rings. The molecule has 5 rings (SSSR count). The molecular formula is C33H37FN4O9. The fraction of sp³-hybridized carbons (Fsp3) is 0.455. The quantitative estimate of drug-likeness (QED) is 0.327. The molecule has 6 atom stereocenters. The van der Waals surface area contributed by atoms with Gasteiger partial charge in [-0.25, -0.2) is 9.18 Å². The van der Waals surface area contributed by atoms with E-state index in [0.29, 0.717) is 11.3 Å². The molecule has 0 heterocycles. The predicted molar refractivity (Wildman–Crippen MR) is 164 cm³/mol. The molecule has 0 aromatic heterocycles. The molecule has 0 bridgehead atoms. The third-order valence-corrected chi connectivity index (χ3v) is 9.97. The summed E-state index contributed by atoms with van der Waals surface area (Å²) in [6.45, 7) is 2.80. The molecule has 5 N–H and O–H groups in total. The van der Waals surface area contributed by atoms with Crippen LogP contribution in [0.25, 0.3) is 0 Å². The molecular weight excluding hydrogens is 615 g/mol. The number of ether oxygens (including phenoxy) is 1. The van der Waals surface area contributed by atoms with Crippen LogP contribution >= 0.6 is 0 Å². The van der Waals surface area contributed by atoms with Crippen molar-refractivity contribution in [2.24, 2.45) is 28.4 Å². The van der Waals surface area contributed by atoms with Gasteiger partial charge in [0.15, 0.2) is 34.7 Å². The third-order valence-electron chi connectivity index (χ3n) is 9.97. The Hall–Kier alpha value is -4.69. The molecule has 2 saturated carbocycles. The van der Waals surface area contributed by atoms with E-state index in [9.17, 15) is 43.4 Å². The summed E-state index contributed by atoms with van der Waals surface area (Å²) >= 11 is 0. The van der Waals surface area contributed by atoms with Gasteiger partial charge in [-0.1, -0.05) is 13.8 Å². The van der Waals surface area contributed by atoms with Gasteiger partial charge in [-0.05, 0) is 68.2 Å². The Balaban J connectivity index is 1.58. The van der Waals surface area contributed by atoms with Crippen molar-refractivity contribution in [2.45, 2.75) is 44.9 Å². The summed E-state index contributed by atoms with van der Waals surface area (Å²) in [5, 5.41) is 26.0. The highest BCUT2D eigenvalue weighted by molar-refractivity contribution is 6.33. The summed E-state index contributed by atoms with van der Waals surface area (Å²) in [6.07, 6.45) is -1.03. The van der Waals surface area contributed by atoms with Gasteiger partial charge < -0.3 is 30.9 Å². The first-order valence-electron chi connectivity index (χ1n) is 14.9. The number of carbonyl (C=O) groups is 6. The van der Waals surface area contributed by atoms with Crippen LogP contribution < -0.4 is 20.7 Å². The Morgan fingerprint density at radius 2 is 1.68 bits per heavy atom. The number of nitrogens with zero attached hydrogens (tertiary/aromatic N) is 2. The number of hydrogen-bond donors (Lipinski definition) is 4. The average molecular weight is 653 g/mol. The molecule has 0 aliphatic heterocycles. The molecule has 13 nitrogen and oxygen atoms in total. The van der Waals surface area contributed by atoms with Crippen molar-refractivity contribution >= 4 is 40.8 Å². The monoisotopic (exact) mass is 652 g/mol. The number of primary amides is 1. The van der Waals surface area contributed by atoms with Crippen molar-refractivity contribution in [1.82, 2.24) is 10.2 Å². The highest BCUT2D eigenvalue weighted by Crippen LogP contribution is 2.62. The number of rotatable bonds is 6. The van der Waals surface area contributed by atoms with Gasteiger partial charge in [0.25, 0.3) is 0 Å². The summed E-state index contributed by atoms with van der Waals surface area (Å²) in [5.74, 6) is -10.2. The number of phenolic OH excluding ortho intramolecular Hbond substituents is 1. The molecule has 14 heteroatoms. The minimum Gasteiger partial charge on any atom is -0.507 e. The van der Waals surface area contributed by atoms with E-state index in [1.54, 1.807) is 32.0 Å². The Labute approximate surface area is 269 Å². The summed E-state index contributed by atoms with van der Waals surface area (Å²) in [4.78, 5) is 84.1.